The van der Waals surface area contributed by atoms with Gasteiger partial charge in [-0.05, 0) is 47.9 Å². The van der Waals surface area contributed by atoms with Gasteiger partial charge >= 0.3 is 0 Å². The van der Waals surface area contributed by atoms with E-state index in [9.17, 15) is 4.79 Å². The zero-order chi connectivity index (χ0) is 16.8. The van der Waals surface area contributed by atoms with Crippen molar-refractivity contribution in [2.45, 2.75) is 12.8 Å². The Morgan fingerprint density at radius 2 is 2.08 bits per heavy atom. The minimum absolute atomic E-state index is 0.00442. The number of hydrogen-bond donors (Lipinski definition) is 2. The standard InChI is InChI=1S/C21H17N3O/c25-21-17-12-20(24-18(17)6-8-23-21)15-5-7-22-19(11-15)16-9-13-3-1-2-4-14(13)10-16/h1-3,5,7,9-12,24H,4,6,8H2,(H,23,25). The molecule has 0 bridgehead atoms. The number of rotatable bonds is 2. The van der Waals surface area contributed by atoms with Crippen molar-refractivity contribution < 1.29 is 4.79 Å². The summed E-state index contributed by atoms with van der Waals surface area (Å²) in [6.07, 6.45) is 14.5. The molecular formula is C21H17N3O. The molecule has 0 aromatic carbocycles. The van der Waals surface area contributed by atoms with Gasteiger partial charge in [-0.1, -0.05) is 18.2 Å². The Kier molecular flexibility index (Phi) is 3.10. The van der Waals surface area contributed by atoms with Gasteiger partial charge in [0.25, 0.3) is 5.91 Å². The molecule has 0 fully saturated rings. The van der Waals surface area contributed by atoms with Gasteiger partial charge in [-0.15, -0.1) is 0 Å². The number of H-pyrrole nitrogens is 1. The highest BCUT2D eigenvalue weighted by Crippen LogP contribution is 2.34. The van der Waals surface area contributed by atoms with Gasteiger partial charge in [-0.2, -0.15) is 0 Å². The lowest BCUT2D eigenvalue weighted by Crippen LogP contribution is -2.31. The molecule has 0 spiro atoms. The third-order valence-corrected chi connectivity index (χ3v) is 4.93. The van der Waals surface area contributed by atoms with Crippen molar-refractivity contribution in [2.75, 3.05) is 6.54 Å². The summed E-state index contributed by atoms with van der Waals surface area (Å²) in [7, 11) is 0. The van der Waals surface area contributed by atoms with Gasteiger partial charge in [0.1, 0.15) is 0 Å². The summed E-state index contributed by atoms with van der Waals surface area (Å²) in [5.74, 6) is 0.00442. The van der Waals surface area contributed by atoms with E-state index in [1.54, 1.807) is 0 Å². The number of fused-ring (bicyclic) bond motifs is 2. The minimum atomic E-state index is 0.00442. The number of nitrogens with zero attached hydrogens (tertiary/aromatic N) is 1. The average Bonchev–Trinajstić information content (AvgIpc) is 3.27. The summed E-state index contributed by atoms with van der Waals surface area (Å²) in [6.45, 7) is 0.691. The molecule has 2 N–H and O–H groups in total. The fraction of sp³-hybridized carbons (Fsp3) is 0.143. The van der Waals surface area contributed by atoms with Crippen LogP contribution in [0.15, 0.2) is 65.9 Å². The van der Waals surface area contributed by atoms with Crippen molar-refractivity contribution in [2.24, 2.45) is 0 Å². The molecule has 0 radical (unpaired) electrons. The van der Waals surface area contributed by atoms with Crippen LogP contribution in [0.5, 0.6) is 0 Å². The normalized spacial score (nSPS) is 18.1. The van der Waals surface area contributed by atoms with Crippen molar-refractivity contribution in [3.63, 3.8) is 0 Å². The topological polar surface area (TPSA) is 57.8 Å². The first-order chi connectivity index (χ1) is 12.3. The highest BCUT2D eigenvalue weighted by Gasteiger charge is 2.20. The number of pyridine rings is 1. The molecule has 0 saturated carbocycles. The van der Waals surface area contributed by atoms with Crippen LogP contribution >= 0.6 is 0 Å². The first-order valence-corrected chi connectivity index (χ1v) is 8.54. The van der Waals surface area contributed by atoms with Crippen LogP contribution in [0.4, 0.5) is 0 Å². The monoisotopic (exact) mass is 327 g/mol. The van der Waals surface area contributed by atoms with Gasteiger partial charge in [-0.25, -0.2) is 0 Å². The van der Waals surface area contributed by atoms with E-state index in [1.165, 1.54) is 11.1 Å². The summed E-state index contributed by atoms with van der Waals surface area (Å²) in [6, 6.07) is 6.01. The molecule has 0 unspecified atom stereocenters. The zero-order valence-electron chi connectivity index (χ0n) is 13.7. The average molecular weight is 327 g/mol. The van der Waals surface area contributed by atoms with E-state index >= 15 is 0 Å². The van der Waals surface area contributed by atoms with Gasteiger partial charge in [0.05, 0.1) is 11.3 Å². The van der Waals surface area contributed by atoms with Gasteiger partial charge in [0.15, 0.2) is 0 Å². The predicted molar refractivity (Wildman–Crippen MR) is 98.0 cm³/mol. The lowest BCUT2D eigenvalue weighted by molar-refractivity contribution is 0.0946. The number of carbonyl (C=O) groups excluding carboxylic acids is 1. The summed E-state index contributed by atoms with van der Waals surface area (Å²) in [4.78, 5) is 19.9. The molecule has 25 heavy (non-hydrogen) atoms. The van der Waals surface area contributed by atoms with Crippen LogP contribution in [0.2, 0.25) is 0 Å². The molecule has 3 heterocycles. The van der Waals surface area contributed by atoms with Crippen LogP contribution < -0.4 is 5.32 Å². The van der Waals surface area contributed by atoms with Crippen LogP contribution in [0.25, 0.3) is 16.8 Å². The smallest absolute Gasteiger partial charge is 0.253 e. The Morgan fingerprint density at radius 3 is 2.96 bits per heavy atom. The van der Waals surface area contributed by atoms with Crippen LogP contribution in [0.3, 0.4) is 0 Å². The summed E-state index contributed by atoms with van der Waals surface area (Å²) < 4.78 is 0. The van der Waals surface area contributed by atoms with Crippen molar-refractivity contribution in [3.05, 3.63) is 82.9 Å². The maximum Gasteiger partial charge on any atom is 0.253 e. The maximum absolute atomic E-state index is 12.0. The molecular weight excluding hydrogens is 310 g/mol. The fourth-order valence-electron chi connectivity index (χ4n) is 3.62. The molecule has 4 nitrogen and oxygen atoms in total. The number of amides is 1. The van der Waals surface area contributed by atoms with E-state index in [0.29, 0.717) is 6.54 Å². The highest BCUT2D eigenvalue weighted by molar-refractivity contribution is 5.97. The third-order valence-electron chi connectivity index (χ3n) is 4.93. The van der Waals surface area contributed by atoms with E-state index in [1.807, 2.05) is 18.3 Å². The first-order valence-electron chi connectivity index (χ1n) is 8.54. The summed E-state index contributed by atoms with van der Waals surface area (Å²) in [5, 5.41) is 2.89. The van der Waals surface area contributed by atoms with Crippen LogP contribution in [0.1, 0.15) is 28.2 Å². The molecule has 5 rings (SSSR count). The summed E-state index contributed by atoms with van der Waals surface area (Å²) >= 11 is 0. The maximum atomic E-state index is 12.0. The Bertz CT molecular complexity index is 1020. The largest absolute Gasteiger partial charge is 0.358 e. The van der Waals surface area contributed by atoms with Crippen LogP contribution in [-0.2, 0) is 6.42 Å². The van der Waals surface area contributed by atoms with Crippen LogP contribution in [0, 0.1) is 0 Å². The number of hydrogen-bond acceptors (Lipinski definition) is 2. The predicted octanol–water partition coefficient (Wildman–Crippen LogP) is 3.57. The van der Waals surface area contributed by atoms with E-state index in [-0.39, 0.29) is 5.91 Å². The lowest BCUT2D eigenvalue weighted by atomic mass is 10.0. The van der Waals surface area contributed by atoms with E-state index in [2.05, 4.69) is 51.7 Å². The number of nitrogens with one attached hydrogen (secondary N) is 2. The minimum Gasteiger partial charge on any atom is -0.358 e. The van der Waals surface area contributed by atoms with Gasteiger partial charge in [-0.3, -0.25) is 9.78 Å². The first kappa shape index (κ1) is 14.2. The second kappa shape index (κ2) is 5.45. The Hall–Kier alpha value is -3.14. The molecule has 0 atom stereocenters. The second-order valence-electron chi connectivity index (χ2n) is 6.53. The zero-order valence-corrected chi connectivity index (χ0v) is 13.7. The van der Waals surface area contributed by atoms with Crippen LogP contribution in [-0.4, -0.2) is 22.4 Å². The van der Waals surface area contributed by atoms with E-state index < -0.39 is 0 Å². The number of allylic oxidation sites excluding steroid dienone is 8. The van der Waals surface area contributed by atoms with E-state index in [0.717, 1.165) is 46.6 Å². The van der Waals surface area contributed by atoms with Crippen molar-refractivity contribution >= 4 is 11.5 Å². The van der Waals surface area contributed by atoms with Crippen molar-refractivity contribution in [3.8, 4) is 11.3 Å². The molecule has 0 saturated heterocycles. The number of aromatic amines is 1. The molecule has 1 amide bonds. The lowest BCUT2D eigenvalue weighted by Gasteiger charge is -2.10. The van der Waals surface area contributed by atoms with Gasteiger partial charge in [0.2, 0.25) is 0 Å². The fourth-order valence-corrected chi connectivity index (χ4v) is 3.62. The molecule has 3 aliphatic rings. The second-order valence-corrected chi connectivity index (χ2v) is 6.53. The molecule has 4 heteroatoms. The Labute approximate surface area is 145 Å². The molecule has 122 valence electrons. The quantitative estimate of drug-likeness (QED) is 0.886. The molecule has 2 aromatic rings. The number of carbonyl (C=O) groups is 1. The Morgan fingerprint density at radius 1 is 1.12 bits per heavy atom. The third kappa shape index (κ3) is 2.38. The molecule has 2 aliphatic carbocycles. The number of aromatic nitrogens is 2. The van der Waals surface area contributed by atoms with Gasteiger partial charge < -0.3 is 10.3 Å². The van der Waals surface area contributed by atoms with E-state index in [4.69, 9.17) is 0 Å². The molecule has 1 aliphatic heterocycles. The summed E-state index contributed by atoms with van der Waals surface area (Å²) in [5.41, 5.74) is 8.50. The van der Waals surface area contributed by atoms with Crippen molar-refractivity contribution in [1.29, 1.82) is 0 Å². The Balaban J connectivity index is 1.52. The van der Waals surface area contributed by atoms with Crippen molar-refractivity contribution in [1.82, 2.24) is 15.3 Å². The SMILES string of the molecule is O=C1NCCc2[nH]c(-c3ccnc(C4=CC5=CC=CCC5=C4)c3)cc21. The highest BCUT2D eigenvalue weighted by atomic mass is 16.1. The van der Waals surface area contributed by atoms with Gasteiger partial charge in [0, 0.05) is 41.7 Å². The molecule has 2 aromatic heterocycles.